The van der Waals surface area contributed by atoms with E-state index in [1.54, 1.807) is 11.3 Å². The normalized spacial score (nSPS) is 15.4. The molecule has 5 nitrogen and oxygen atoms in total. The molecule has 3 aromatic rings. The van der Waals surface area contributed by atoms with Crippen molar-refractivity contribution in [3.8, 4) is 22.1 Å². The number of aryl methyl sites for hydroxylation is 1. The van der Waals surface area contributed by atoms with E-state index in [9.17, 15) is 4.79 Å². The number of ether oxygens (including phenoxy) is 2. The summed E-state index contributed by atoms with van der Waals surface area (Å²) in [6, 6.07) is 15.8. The summed E-state index contributed by atoms with van der Waals surface area (Å²) >= 11 is 1.56. The molecule has 1 amide bonds. The number of carbonyl (C=O) groups is 1. The Hall–Kier alpha value is -2.86. The Morgan fingerprint density at radius 1 is 1.22 bits per heavy atom. The van der Waals surface area contributed by atoms with Gasteiger partial charge in [0.05, 0.1) is 18.7 Å². The van der Waals surface area contributed by atoms with E-state index < -0.39 is 0 Å². The second-order valence-corrected chi connectivity index (χ2v) is 7.35. The van der Waals surface area contributed by atoms with Gasteiger partial charge in [-0.3, -0.25) is 4.79 Å². The summed E-state index contributed by atoms with van der Waals surface area (Å²) in [6.07, 6.45) is 0.0640. The Morgan fingerprint density at radius 2 is 2.07 bits per heavy atom. The maximum Gasteiger partial charge on any atom is 0.226 e. The van der Waals surface area contributed by atoms with Gasteiger partial charge in [0.2, 0.25) is 5.91 Å². The fourth-order valence-corrected chi connectivity index (χ4v) is 3.73. The number of hydrogen-bond acceptors (Lipinski definition) is 5. The van der Waals surface area contributed by atoms with Gasteiger partial charge in [0.25, 0.3) is 0 Å². The SMILES string of the molecule is Cc1cccc(-c2nc(CC(=O)NCC3COc4ccccc4O3)cs2)c1. The molecule has 27 heavy (non-hydrogen) atoms. The third-order valence-electron chi connectivity index (χ3n) is 4.25. The molecule has 4 rings (SSSR count). The van der Waals surface area contributed by atoms with E-state index in [-0.39, 0.29) is 18.4 Å². The number of rotatable bonds is 5. The van der Waals surface area contributed by atoms with Crippen molar-refractivity contribution in [2.75, 3.05) is 13.2 Å². The van der Waals surface area contributed by atoms with E-state index >= 15 is 0 Å². The van der Waals surface area contributed by atoms with Gasteiger partial charge in [-0.25, -0.2) is 4.98 Å². The summed E-state index contributed by atoms with van der Waals surface area (Å²) in [5.74, 6) is 1.38. The monoisotopic (exact) mass is 380 g/mol. The van der Waals surface area contributed by atoms with Crippen LogP contribution in [0.4, 0.5) is 0 Å². The first kappa shape index (κ1) is 17.5. The number of amides is 1. The van der Waals surface area contributed by atoms with Crippen molar-refractivity contribution in [3.63, 3.8) is 0 Å². The van der Waals surface area contributed by atoms with Crippen LogP contribution in [0, 0.1) is 6.92 Å². The van der Waals surface area contributed by atoms with E-state index in [4.69, 9.17) is 9.47 Å². The average Bonchev–Trinajstić information content (AvgIpc) is 3.15. The zero-order chi connectivity index (χ0) is 18.6. The molecule has 1 aromatic heterocycles. The lowest BCUT2D eigenvalue weighted by molar-refractivity contribution is -0.121. The topological polar surface area (TPSA) is 60.5 Å². The van der Waals surface area contributed by atoms with E-state index in [0.717, 1.165) is 22.0 Å². The maximum absolute atomic E-state index is 12.3. The van der Waals surface area contributed by atoms with Crippen LogP contribution in [0.1, 0.15) is 11.3 Å². The molecule has 0 radical (unpaired) electrons. The number of thiazole rings is 1. The molecule has 2 heterocycles. The second-order valence-electron chi connectivity index (χ2n) is 6.49. The Kier molecular flexibility index (Phi) is 5.07. The number of para-hydroxylation sites is 2. The van der Waals surface area contributed by atoms with E-state index in [0.29, 0.717) is 18.9 Å². The lowest BCUT2D eigenvalue weighted by Crippen LogP contribution is -2.41. The van der Waals surface area contributed by atoms with E-state index in [1.807, 2.05) is 41.8 Å². The van der Waals surface area contributed by atoms with Gasteiger partial charge in [-0.05, 0) is 25.1 Å². The molecule has 0 saturated heterocycles. The minimum Gasteiger partial charge on any atom is -0.486 e. The molecule has 0 aliphatic carbocycles. The summed E-state index contributed by atoms with van der Waals surface area (Å²) in [6.45, 7) is 2.88. The highest BCUT2D eigenvalue weighted by atomic mass is 32.1. The van der Waals surface area contributed by atoms with Gasteiger partial charge in [0.15, 0.2) is 11.5 Å². The first-order valence-corrected chi connectivity index (χ1v) is 9.72. The van der Waals surface area contributed by atoms with Crippen molar-refractivity contribution in [3.05, 3.63) is 65.2 Å². The third kappa shape index (κ3) is 4.28. The summed E-state index contributed by atoms with van der Waals surface area (Å²) < 4.78 is 11.5. The van der Waals surface area contributed by atoms with Crippen molar-refractivity contribution in [1.29, 1.82) is 0 Å². The molecule has 1 N–H and O–H groups in total. The van der Waals surface area contributed by atoms with Gasteiger partial charge in [-0.1, -0.05) is 35.9 Å². The van der Waals surface area contributed by atoms with Crippen LogP contribution in [-0.2, 0) is 11.2 Å². The quantitative estimate of drug-likeness (QED) is 0.734. The zero-order valence-corrected chi connectivity index (χ0v) is 15.8. The fraction of sp³-hybridized carbons (Fsp3) is 0.238. The molecule has 0 spiro atoms. The van der Waals surface area contributed by atoms with Crippen LogP contribution in [0.15, 0.2) is 53.9 Å². The fourth-order valence-electron chi connectivity index (χ4n) is 2.92. The standard InChI is InChI=1S/C21H20N2O3S/c1-14-5-4-6-15(9-14)21-23-16(13-27-21)10-20(24)22-11-17-12-25-18-7-2-3-8-19(18)26-17/h2-9,13,17H,10-12H2,1H3,(H,22,24). The average molecular weight is 380 g/mol. The molecule has 0 bridgehead atoms. The third-order valence-corrected chi connectivity index (χ3v) is 5.19. The van der Waals surface area contributed by atoms with Gasteiger partial charge in [-0.15, -0.1) is 11.3 Å². The molecule has 0 saturated carbocycles. The first-order chi connectivity index (χ1) is 13.2. The number of benzene rings is 2. The molecule has 138 valence electrons. The minimum absolute atomic E-state index is 0.0708. The van der Waals surface area contributed by atoms with Crippen LogP contribution < -0.4 is 14.8 Å². The first-order valence-electron chi connectivity index (χ1n) is 8.84. The Labute approximate surface area is 162 Å². The van der Waals surface area contributed by atoms with Crippen LogP contribution in [0.2, 0.25) is 0 Å². The molecule has 1 unspecified atom stereocenters. The Bertz CT molecular complexity index is 954. The maximum atomic E-state index is 12.3. The van der Waals surface area contributed by atoms with Crippen molar-refractivity contribution in [2.24, 2.45) is 0 Å². The largest absolute Gasteiger partial charge is 0.486 e. The number of aromatic nitrogens is 1. The highest BCUT2D eigenvalue weighted by molar-refractivity contribution is 7.13. The Morgan fingerprint density at radius 3 is 2.93 bits per heavy atom. The predicted octanol–water partition coefficient (Wildman–Crippen LogP) is 3.62. The van der Waals surface area contributed by atoms with Crippen LogP contribution in [0.25, 0.3) is 10.6 Å². The summed E-state index contributed by atoms with van der Waals surface area (Å²) in [7, 11) is 0. The Balaban J connectivity index is 1.30. The summed E-state index contributed by atoms with van der Waals surface area (Å²) in [5.41, 5.74) is 3.05. The van der Waals surface area contributed by atoms with Crippen molar-refractivity contribution in [1.82, 2.24) is 10.3 Å². The summed E-state index contributed by atoms with van der Waals surface area (Å²) in [5, 5.41) is 5.78. The number of nitrogens with zero attached hydrogens (tertiary/aromatic N) is 1. The molecule has 2 aromatic carbocycles. The number of nitrogens with one attached hydrogen (secondary N) is 1. The lowest BCUT2D eigenvalue weighted by atomic mass is 10.1. The van der Waals surface area contributed by atoms with Gasteiger partial charge in [0, 0.05) is 10.9 Å². The second kappa shape index (κ2) is 7.80. The minimum atomic E-state index is -0.192. The summed E-state index contributed by atoms with van der Waals surface area (Å²) in [4.78, 5) is 16.8. The van der Waals surface area contributed by atoms with Crippen LogP contribution >= 0.6 is 11.3 Å². The molecule has 6 heteroatoms. The van der Waals surface area contributed by atoms with Gasteiger partial charge in [-0.2, -0.15) is 0 Å². The predicted molar refractivity (Wildman–Crippen MR) is 105 cm³/mol. The van der Waals surface area contributed by atoms with Gasteiger partial charge < -0.3 is 14.8 Å². The van der Waals surface area contributed by atoms with E-state index in [1.165, 1.54) is 5.56 Å². The van der Waals surface area contributed by atoms with Gasteiger partial charge >= 0.3 is 0 Å². The van der Waals surface area contributed by atoms with Crippen LogP contribution in [-0.4, -0.2) is 30.1 Å². The molecule has 0 fully saturated rings. The molecular weight excluding hydrogens is 360 g/mol. The lowest BCUT2D eigenvalue weighted by Gasteiger charge is -2.26. The van der Waals surface area contributed by atoms with Crippen molar-refractivity contribution in [2.45, 2.75) is 19.4 Å². The highest BCUT2D eigenvalue weighted by Gasteiger charge is 2.21. The highest BCUT2D eigenvalue weighted by Crippen LogP contribution is 2.30. The van der Waals surface area contributed by atoms with Gasteiger partial charge in [0.1, 0.15) is 17.7 Å². The zero-order valence-electron chi connectivity index (χ0n) is 15.0. The molecular formula is C21H20N2O3S. The molecule has 1 aliphatic heterocycles. The van der Waals surface area contributed by atoms with Crippen LogP contribution in [0.3, 0.4) is 0 Å². The van der Waals surface area contributed by atoms with Crippen molar-refractivity contribution >= 4 is 17.2 Å². The molecule has 1 atom stereocenters. The number of fused-ring (bicyclic) bond motifs is 1. The number of carbonyl (C=O) groups excluding carboxylic acids is 1. The van der Waals surface area contributed by atoms with Crippen LogP contribution in [0.5, 0.6) is 11.5 Å². The molecule has 1 aliphatic rings. The number of hydrogen-bond donors (Lipinski definition) is 1. The van der Waals surface area contributed by atoms with Crippen molar-refractivity contribution < 1.29 is 14.3 Å². The smallest absolute Gasteiger partial charge is 0.226 e. The van der Waals surface area contributed by atoms with E-state index in [2.05, 4.69) is 29.4 Å².